The van der Waals surface area contributed by atoms with Crippen LogP contribution in [0.2, 0.25) is 0 Å². The number of aromatic nitrogens is 3. The van der Waals surface area contributed by atoms with E-state index in [9.17, 15) is 4.79 Å². The van der Waals surface area contributed by atoms with Crippen LogP contribution in [0.3, 0.4) is 0 Å². The summed E-state index contributed by atoms with van der Waals surface area (Å²) in [6, 6.07) is 1.68. The SMILES string of the molecule is CC.CCCN(CCC(C)CC)c1ccnc2c1CCN2C(=O)Nc1cn2cc(C)nc2c(C)c1F. The molecule has 0 spiro atoms. The molecule has 0 aromatic carbocycles. The zero-order valence-electron chi connectivity index (χ0n) is 22.9. The molecule has 1 atom stereocenters. The molecule has 4 heterocycles. The number of anilines is 3. The first-order chi connectivity index (χ1) is 17.3. The number of hydrogen-bond donors (Lipinski definition) is 1. The molecule has 8 heteroatoms. The molecule has 7 nitrogen and oxygen atoms in total. The molecule has 1 aliphatic rings. The highest BCUT2D eigenvalue weighted by Crippen LogP contribution is 2.35. The van der Waals surface area contributed by atoms with Crippen LogP contribution in [-0.4, -0.2) is 40.0 Å². The van der Waals surface area contributed by atoms with Crippen LogP contribution in [0.15, 0.2) is 24.7 Å². The van der Waals surface area contributed by atoms with Crippen molar-refractivity contribution in [3.8, 4) is 0 Å². The lowest BCUT2D eigenvalue weighted by atomic mass is 10.0. The van der Waals surface area contributed by atoms with Gasteiger partial charge in [-0.3, -0.25) is 4.90 Å². The highest BCUT2D eigenvalue weighted by Gasteiger charge is 2.30. The Morgan fingerprint density at radius 3 is 2.67 bits per heavy atom. The van der Waals surface area contributed by atoms with Crippen molar-refractivity contribution in [2.45, 2.75) is 74.1 Å². The van der Waals surface area contributed by atoms with Crippen molar-refractivity contribution in [2.75, 3.05) is 34.8 Å². The van der Waals surface area contributed by atoms with E-state index in [0.29, 0.717) is 29.5 Å². The highest BCUT2D eigenvalue weighted by molar-refractivity contribution is 6.03. The minimum absolute atomic E-state index is 0.137. The van der Waals surface area contributed by atoms with E-state index in [-0.39, 0.29) is 11.7 Å². The van der Waals surface area contributed by atoms with Crippen molar-refractivity contribution in [3.05, 3.63) is 47.3 Å². The summed E-state index contributed by atoms with van der Waals surface area (Å²) < 4.78 is 16.8. The van der Waals surface area contributed by atoms with Crippen LogP contribution in [0, 0.1) is 25.6 Å². The normalized spacial score (nSPS) is 13.3. The quantitative estimate of drug-likeness (QED) is 0.374. The number of urea groups is 1. The molecule has 0 aliphatic carbocycles. The molecule has 4 rings (SSSR count). The molecule has 1 aliphatic heterocycles. The number of carbonyl (C=O) groups is 1. The van der Waals surface area contributed by atoms with E-state index in [4.69, 9.17) is 0 Å². The summed E-state index contributed by atoms with van der Waals surface area (Å²) in [6.07, 6.45) is 9.26. The minimum Gasteiger partial charge on any atom is -0.371 e. The van der Waals surface area contributed by atoms with Crippen LogP contribution in [0.1, 0.15) is 70.7 Å². The standard InChI is InChI=1S/C26H35FN6O.C2H6/c1-6-12-31(13-9-17(3)7-2)22-8-11-28-25-20(22)10-14-33(25)26(34)30-21-16-32-15-18(4)29-24(32)19(5)23(21)27;1-2/h8,11,15-17H,6-7,9-10,12-14H2,1-5H3,(H,30,34);1-2H3. The maximum absolute atomic E-state index is 15.0. The smallest absolute Gasteiger partial charge is 0.327 e. The number of aryl methyl sites for hydroxylation is 2. The lowest BCUT2D eigenvalue weighted by molar-refractivity contribution is 0.257. The summed E-state index contributed by atoms with van der Waals surface area (Å²) in [5.41, 5.74) is 4.14. The first-order valence-corrected chi connectivity index (χ1v) is 13.3. The molecule has 1 unspecified atom stereocenters. The molecule has 3 aromatic heterocycles. The Balaban J connectivity index is 0.00000176. The first-order valence-electron chi connectivity index (χ1n) is 13.3. The number of halogens is 1. The van der Waals surface area contributed by atoms with E-state index in [1.807, 2.05) is 27.0 Å². The zero-order chi connectivity index (χ0) is 26.4. The van der Waals surface area contributed by atoms with Gasteiger partial charge in [-0.2, -0.15) is 0 Å². The molecule has 0 saturated heterocycles. The fourth-order valence-corrected chi connectivity index (χ4v) is 4.63. The Morgan fingerprint density at radius 2 is 1.97 bits per heavy atom. The lowest BCUT2D eigenvalue weighted by Crippen LogP contribution is -2.34. The zero-order valence-corrected chi connectivity index (χ0v) is 22.9. The van der Waals surface area contributed by atoms with Crippen molar-refractivity contribution in [1.29, 1.82) is 0 Å². The van der Waals surface area contributed by atoms with Gasteiger partial charge in [0, 0.05) is 55.0 Å². The molecular formula is C28H41FN6O. The molecule has 0 fully saturated rings. The molecular weight excluding hydrogens is 455 g/mol. The number of rotatable bonds is 8. The average Bonchev–Trinajstić information content (AvgIpc) is 3.49. The van der Waals surface area contributed by atoms with Crippen LogP contribution in [0.4, 0.5) is 26.4 Å². The van der Waals surface area contributed by atoms with Gasteiger partial charge in [-0.05, 0) is 45.1 Å². The maximum atomic E-state index is 15.0. The van der Waals surface area contributed by atoms with Gasteiger partial charge in [-0.1, -0.05) is 41.0 Å². The van der Waals surface area contributed by atoms with Crippen LogP contribution in [0.5, 0.6) is 0 Å². The van der Waals surface area contributed by atoms with Gasteiger partial charge in [0.05, 0.1) is 11.4 Å². The van der Waals surface area contributed by atoms with Crippen LogP contribution in [-0.2, 0) is 6.42 Å². The third kappa shape index (κ3) is 5.63. The topological polar surface area (TPSA) is 65.8 Å². The molecule has 0 bridgehead atoms. The van der Waals surface area contributed by atoms with Gasteiger partial charge in [-0.15, -0.1) is 0 Å². The second-order valence-electron chi connectivity index (χ2n) is 9.35. The van der Waals surface area contributed by atoms with Gasteiger partial charge >= 0.3 is 6.03 Å². The Hall–Kier alpha value is -3.16. The number of nitrogens with one attached hydrogen (secondary N) is 1. The molecule has 196 valence electrons. The largest absolute Gasteiger partial charge is 0.371 e. The Labute approximate surface area is 214 Å². The Kier molecular flexibility index (Phi) is 9.29. The van der Waals surface area contributed by atoms with Gasteiger partial charge in [-0.25, -0.2) is 19.2 Å². The molecule has 3 aromatic rings. The second-order valence-corrected chi connectivity index (χ2v) is 9.35. The highest BCUT2D eigenvalue weighted by atomic mass is 19.1. The number of hydrogen-bond acceptors (Lipinski definition) is 4. The number of imidazole rings is 1. The molecule has 36 heavy (non-hydrogen) atoms. The minimum atomic E-state index is -0.466. The van der Waals surface area contributed by atoms with Gasteiger partial charge in [0.2, 0.25) is 0 Å². The summed E-state index contributed by atoms with van der Waals surface area (Å²) in [4.78, 5) is 26.2. The fourth-order valence-electron chi connectivity index (χ4n) is 4.63. The predicted octanol–water partition coefficient (Wildman–Crippen LogP) is 6.76. The van der Waals surface area contributed by atoms with E-state index in [0.717, 1.165) is 49.3 Å². The summed E-state index contributed by atoms with van der Waals surface area (Å²) in [5, 5.41) is 2.77. The Bertz CT molecular complexity index is 1190. The number of fused-ring (bicyclic) bond motifs is 2. The third-order valence-electron chi connectivity index (χ3n) is 6.78. The van der Waals surface area contributed by atoms with E-state index in [1.165, 1.54) is 6.42 Å². The summed E-state index contributed by atoms with van der Waals surface area (Å²) in [5.74, 6) is 0.870. The number of amides is 2. The monoisotopic (exact) mass is 496 g/mol. The maximum Gasteiger partial charge on any atom is 0.327 e. The van der Waals surface area contributed by atoms with Gasteiger partial charge in [0.15, 0.2) is 5.82 Å². The van der Waals surface area contributed by atoms with Crippen LogP contribution < -0.4 is 15.1 Å². The number of nitrogens with zero attached hydrogens (tertiary/aromatic N) is 5. The summed E-state index contributed by atoms with van der Waals surface area (Å²) in [7, 11) is 0. The van der Waals surface area contributed by atoms with Gasteiger partial charge < -0.3 is 14.6 Å². The molecule has 1 N–H and O–H groups in total. The Morgan fingerprint density at radius 1 is 1.22 bits per heavy atom. The number of carbonyl (C=O) groups excluding carboxylic acids is 1. The average molecular weight is 497 g/mol. The molecule has 0 saturated carbocycles. The van der Waals surface area contributed by atoms with Crippen molar-refractivity contribution < 1.29 is 9.18 Å². The predicted molar refractivity (Wildman–Crippen MR) is 147 cm³/mol. The van der Waals surface area contributed by atoms with E-state index in [1.54, 1.807) is 28.6 Å². The second kappa shape index (κ2) is 12.2. The van der Waals surface area contributed by atoms with Crippen molar-refractivity contribution >= 4 is 28.9 Å². The van der Waals surface area contributed by atoms with E-state index in [2.05, 4.69) is 47.0 Å². The van der Waals surface area contributed by atoms with Gasteiger partial charge in [0.25, 0.3) is 0 Å². The van der Waals surface area contributed by atoms with E-state index >= 15 is 4.39 Å². The van der Waals surface area contributed by atoms with Crippen LogP contribution >= 0.6 is 0 Å². The van der Waals surface area contributed by atoms with Gasteiger partial charge in [0.1, 0.15) is 11.5 Å². The van der Waals surface area contributed by atoms with Crippen molar-refractivity contribution in [2.24, 2.45) is 5.92 Å². The fraction of sp³-hybridized carbons (Fsp3) is 0.536. The number of pyridine rings is 2. The lowest BCUT2D eigenvalue weighted by Gasteiger charge is -2.28. The third-order valence-corrected chi connectivity index (χ3v) is 6.78. The summed E-state index contributed by atoms with van der Waals surface area (Å²) in [6.45, 7) is 16.7. The molecule has 2 amide bonds. The summed E-state index contributed by atoms with van der Waals surface area (Å²) >= 11 is 0. The van der Waals surface area contributed by atoms with Crippen molar-refractivity contribution in [1.82, 2.24) is 14.4 Å². The van der Waals surface area contributed by atoms with Crippen LogP contribution in [0.25, 0.3) is 5.65 Å². The molecule has 0 radical (unpaired) electrons. The first kappa shape index (κ1) is 27.4. The van der Waals surface area contributed by atoms with E-state index < -0.39 is 5.82 Å². The van der Waals surface area contributed by atoms with Crippen molar-refractivity contribution in [3.63, 3.8) is 0 Å².